The first-order valence-corrected chi connectivity index (χ1v) is 5.77. The van der Waals surface area contributed by atoms with Crippen molar-refractivity contribution < 1.29 is 9.53 Å². The number of carbonyl (C=O) groups excluding carboxylic acids is 1. The molecule has 0 aliphatic rings. The third-order valence-corrected chi connectivity index (χ3v) is 2.42. The lowest BCUT2D eigenvalue weighted by atomic mass is 10.2. The third kappa shape index (κ3) is 2.56. The molecule has 0 amide bonds. The van der Waals surface area contributed by atoms with E-state index in [4.69, 9.17) is 4.74 Å². The average Bonchev–Trinajstić information content (AvgIpc) is 2.77. The molecule has 0 radical (unpaired) electrons. The number of esters is 1. The van der Waals surface area contributed by atoms with Crippen LogP contribution in [0.5, 0.6) is 0 Å². The van der Waals surface area contributed by atoms with Gasteiger partial charge in [0.05, 0.1) is 6.61 Å². The molecule has 0 unspecified atom stereocenters. The molecule has 0 saturated heterocycles. The summed E-state index contributed by atoms with van der Waals surface area (Å²) in [6, 6.07) is 3.93. The maximum absolute atomic E-state index is 11.5. The lowest BCUT2D eigenvalue weighted by Crippen LogP contribution is -2.04. The molecule has 2 heterocycles. The molecular weight excluding hydrogens is 230 g/mol. The standard InChI is InChI=1S/C13H15N3O2/c1-4-18-13(17)11-7-16(8-14-11)12-6-9(2)5-10(3)15-12/h5-8H,4H2,1-3H3. The Hall–Kier alpha value is -2.17. The predicted octanol–water partition coefficient (Wildman–Crippen LogP) is 2.06. The predicted molar refractivity (Wildman–Crippen MR) is 66.8 cm³/mol. The second-order valence-electron chi connectivity index (χ2n) is 4.03. The van der Waals surface area contributed by atoms with Gasteiger partial charge in [0.15, 0.2) is 5.69 Å². The minimum atomic E-state index is -0.416. The quantitative estimate of drug-likeness (QED) is 0.777. The maximum atomic E-state index is 11.5. The number of rotatable bonds is 3. The summed E-state index contributed by atoms with van der Waals surface area (Å²) in [5.41, 5.74) is 2.33. The highest BCUT2D eigenvalue weighted by molar-refractivity contribution is 5.87. The van der Waals surface area contributed by atoms with E-state index in [0.29, 0.717) is 6.61 Å². The molecule has 5 nitrogen and oxygen atoms in total. The molecule has 2 aromatic rings. The van der Waals surface area contributed by atoms with E-state index in [2.05, 4.69) is 9.97 Å². The van der Waals surface area contributed by atoms with Crippen LogP contribution in [0.2, 0.25) is 0 Å². The number of carbonyl (C=O) groups is 1. The summed E-state index contributed by atoms with van der Waals surface area (Å²) in [5, 5.41) is 0. The molecule has 0 saturated carbocycles. The second kappa shape index (κ2) is 5.00. The van der Waals surface area contributed by atoms with Crippen LogP contribution in [0.4, 0.5) is 0 Å². The SMILES string of the molecule is CCOC(=O)c1cn(-c2cc(C)cc(C)n2)cn1. The van der Waals surface area contributed by atoms with Gasteiger partial charge in [0.1, 0.15) is 12.1 Å². The maximum Gasteiger partial charge on any atom is 0.358 e. The number of hydrogen-bond donors (Lipinski definition) is 0. The minimum absolute atomic E-state index is 0.290. The van der Waals surface area contributed by atoms with Crippen LogP contribution in [0, 0.1) is 13.8 Å². The summed E-state index contributed by atoms with van der Waals surface area (Å²) in [5.74, 6) is 0.330. The van der Waals surface area contributed by atoms with Crippen LogP contribution >= 0.6 is 0 Å². The summed E-state index contributed by atoms with van der Waals surface area (Å²) < 4.78 is 6.60. The van der Waals surface area contributed by atoms with E-state index in [0.717, 1.165) is 17.1 Å². The Morgan fingerprint density at radius 1 is 1.39 bits per heavy atom. The molecule has 0 atom stereocenters. The average molecular weight is 245 g/mol. The summed E-state index contributed by atoms with van der Waals surface area (Å²) in [6.45, 7) is 6.04. The number of aromatic nitrogens is 3. The molecule has 0 aromatic carbocycles. The van der Waals surface area contributed by atoms with Crippen LogP contribution in [0.3, 0.4) is 0 Å². The molecule has 5 heteroatoms. The Balaban J connectivity index is 2.32. The Morgan fingerprint density at radius 2 is 2.17 bits per heavy atom. The third-order valence-electron chi connectivity index (χ3n) is 2.42. The summed E-state index contributed by atoms with van der Waals surface area (Å²) >= 11 is 0. The number of pyridine rings is 1. The molecule has 0 N–H and O–H groups in total. The van der Waals surface area contributed by atoms with Crippen LogP contribution in [-0.4, -0.2) is 27.1 Å². The van der Waals surface area contributed by atoms with E-state index >= 15 is 0 Å². The fourth-order valence-electron chi connectivity index (χ4n) is 1.71. The van der Waals surface area contributed by atoms with Gasteiger partial charge in [-0.2, -0.15) is 0 Å². The number of hydrogen-bond acceptors (Lipinski definition) is 4. The van der Waals surface area contributed by atoms with Gasteiger partial charge in [0, 0.05) is 11.9 Å². The van der Waals surface area contributed by atoms with Crippen molar-refractivity contribution in [3.63, 3.8) is 0 Å². The molecule has 0 fully saturated rings. The van der Waals surface area contributed by atoms with Crippen molar-refractivity contribution in [2.45, 2.75) is 20.8 Å². The van der Waals surface area contributed by atoms with Crippen LogP contribution in [0.25, 0.3) is 5.82 Å². The smallest absolute Gasteiger partial charge is 0.358 e. The fourth-order valence-corrected chi connectivity index (χ4v) is 1.71. The highest BCUT2D eigenvalue weighted by atomic mass is 16.5. The van der Waals surface area contributed by atoms with Crippen LogP contribution < -0.4 is 0 Å². The van der Waals surface area contributed by atoms with Gasteiger partial charge in [-0.25, -0.2) is 14.8 Å². The van der Waals surface area contributed by atoms with Crippen molar-refractivity contribution >= 4 is 5.97 Å². The minimum Gasteiger partial charge on any atom is -0.461 e. The first kappa shape index (κ1) is 12.3. The molecule has 0 aliphatic carbocycles. The lowest BCUT2D eigenvalue weighted by molar-refractivity contribution is 0.0520. The number of aryl methyl sites for hydroxylation is 2. The Labute approximate surface area is 105 Å². The normalized spacial score (nSPS) is 10.4. The van der Waals surface area contributed by atoms with Crippen LogP contribution in [0.1, 0.15) is 28.7 Å². The molecule has 0 bridgehead atoms. The number of ether oxygens (including phenoxy) is 1. The van der Waals surface area contributed by atoms with Gasteiger partial charge in [-0.1, -0.05) is 0 Å². The van der Waals surface area contributed by atoms with Crippen LogP contribution in [-0.2, 0) is 4.74 Å². The van der Waals surface area contributed by atoms with Gasteiger partial charge in [-0.3, -0.25) is 4.57 Å². The van der Waals surface area contributed by atoms with E-state index in [1.165, 1.54) is 0 Å². The van der Waals surface area contributed by atoms with E-state index in [9.17, 15) is 4.79 Å². The van der Waals surface area contributed by atoms with E-state index in [-0.39, 0.29) is 5.69 Å². The first-order chi connectivity index (χ1) is 8.60. The summed E-state index contributed by atoms with van der Waals surface area (Å²) in [6.07, 6.45) is 3.19. The zero-order valence-electron chi connectivity index (χ0n) is 10.7. The molecular formula is C13H15N3O2. The zero-order valence-corrected chi connectivity index (χ0v) is 10.7. The van der Waals surface area contributed by atoms with Gasteiger partial charge >= 0.3 is 5.97 Å². The molecule has 18 heavy (non-hydrogen) atoms. The number of nitrogens with zero attached hydrogens (tertiary/aromatic N) is 3. The van der Waals surface area contributed by atoms with Gasteiger partial charge in [0.25, 0.3) is 0 Å². The van der Waals surface area contributed by atoms with Gasteiger partial charge in [-0.05, 0) is 38.5 Å². The topological polar surface area (TPSA) is 57.0 Å². The zero-order chi connectivity index (χ0) is 13.1. The van der Waals surface area contributed by atoms with Crippen molar-refractivity contribution in [3.05, 3.63) is 41.6 Å². The highest BCUT2D eigenvalue weighted by Gasteiger charge is 2.11. The monoisotopic (exact) mass is 245 g/mol. The van der Waals surface area contributed by atoms with Crippen molar-refractivity contribution in [1.82, 2.24) is 14.5 Å². The van der Waals surface area contributed by atoms with E-state index in [1.807, 2.05) is 26.0 Å². The largest absolute Gasteiger partial charge is 0.461 e. The summed E-state index contributed by atoms with van der Waals surface area (Å²) in [4.78, 5) is 19.9. The molecule has 2 aromatic heterocycles. The van der Waals surface area contributed by atoms with Crippen molar-refractivity contribution in [1.29, 1.82) is 0 Å². The Bertz CT molecular complexity index is 555. The molecule has 94 valence electrons. The fraction of sp³-hybridized carbons (Fsp3) is 0.308. The van der Waals surface area contributed by atoms with Crippen LogP contribution in [0.15, 0.2) is 24.7 Å². The van der Waals surface area contributed by atoms with Gasteiger partial charge in [0.2, 0.25) is 0 Å². The van der Waals surface area contributed by atoms with Crippen molar-refractivity contribution in [2.75, 3.05) is 6.61 Å². The van der Waals surface area contributed by atoms with Gasteiger partial charge < -0.3 is 4.74 Å². The number of imidazole rings is 1. The Morgan fingerprint density at radius 3 is 2.83 bits per heavy atom. The van der Waals surface area contributed by atoms with E-state index in [1.54, 1.807) is 24.0 Å². The highest BCUT2D eigenvalue weighted by Crippen LogP contribution is 2.10. The summed E-state index contributed by atoms with van der Waals surface area (Å²) in [7, 11) is 0. The van der Waals surface area contributed by atoms with Crippen molar-refractivity contribution in [2.24, 2.45) is 0 Å². The van der Waals surface area contributed by atoms with E-state index < -0.39 is 5.97 Å². The first-order valence-electron chi connectivity index (χ1n) is 5.77. The molecule has 2 rings (SSSR count). The second-order valence-corrected chi connectivity index (χ2v) is 4.03. The molecule has 0 spiro atoms. The van der Waals surface area contributed by atoms with Crippen molar-refractivity contribution in [3.8, 4) is 5.82 Å². The Kier molecular flexibility index (Phi) is 3.41. The lowest BCUT2D eigenvalue weighted by Gasteiger charge is -2.03. The molecule has 0 aliphatic heterocycles. The van der Waals surface area contributed by atoms with Gasteiger partial charge in [-0.15, -0.1) is 0 Å².